The van der Waals surface area contributed by atoms with Crippen LogP contribution in [-0.2, 0) is 0 Å². The van der Waals surface area contributed by atoms with E-state index in [-0.39, 0.29) is 0 Å². The lowest BCUT2D eigenvalue weighted by Crippen LogP contribution is -2.13. The Hall–Kier alpha value is -0.300. The maximum absolute atomic E-state index is 5.55. The van der Waals surface area contributed by atoms with E-state index in [2.05, 4.69) is 13.5 Å². The molecule has 1 nitrogen and oxygen atoms in total. The number of nitrogens with two attached hydrogens (primary N) is 1. The first kappa shape index (κ1) is 9.70. The monoisotopic (exact) mass is 141 g/mol. The molecule has 2 N–H and O–H groups in total. The molecule has 0 bridgehead atoms. The lowest BCUT2D eigenvalue weighted by atomic mass is 9.99. The van der Waals surface area contributed by atoms with E-state index in [1.165, 1.54) is 19.3 Å². The van der Waals surface area contributed by atoms with Crippen molar-refractivity contribution in [1.82, 2.24) is 0 Å². The molecule has 0 aromatic heterocycles. The average molecular weight is 141 g/mol. The van der Waals surface area contributed by atoms with Gasteiger partial charge in [0.2, 0.25) is 0 Å². The summed E-state index contributed by atoms with van der Waals surface area (Å²) in [7, 11) is 0. The van der Waals surface area contributed by atoms with Crippen LogP contribution in [0.25, 0.3) is 0 Å². The molecule has 0 amide bonds. The van der Waals surface area contributed by atoms with Crippen molar-refractivity contribution in [3.05, 3.63) is 12.7 Å². The molecule has 0 aromatic rings. The van der Waals surface area contributed by atoms with Gasteiger partial charge in [0.25, 0.3) is 0 Å². The highest BCUT2D eigenvalue weighted by Crippen LogP contribution is 2.10. The van der Waals surface area contributed by atoms with Gasteiger partial charge in [-0.2, -0.15) is 0 Å². The summed E-state index contributed by atoms with van der Waals surface area (Å²) in [5.41, 5.74) is 5.55. The Labute approximate surface area is 64.3 Å². The second-order valence-electron chi connectivity index (χ2n) is 2.77. The summed E-state index contributed by atoms with van der Waals surface area (Å²) in [6, 6.07) is 0. The number of hydrogen-bond acceptors (Lipinski definition) is 1. The van der Waals surface area contributed by atoms with Crippen molar-refractivity contribution in [1.29, 1.82) is 0 Å². The summed E-state index contributed by atoms with van der Waals surface area (Å²) in [4.78, 5) is 0. The largest absolute Gasteiger partial charge is 0.330 e. The summed E-state index contributed by atoms with van der Waals surface area (Å²) >= 11 is 0. The predicted molar refractivity (Wildman–Crippen MR) is 46.9 cm³/mol. The molecule has 60 valence electrons. The topological polar surface area (TPSA) is 26.0 Å². The molecular formula is C9H19N. The van der Waals surface area contributed by atoms with Crippen LogP contribution in [0.4, 0.5) is 0 Å². The normalized spacial score (nSPS) is 13.0. The van der Waals surface area contributed by atoms with Crippen LogP contribution in [0, 0.1) is 5.92 Å². The third-order valence-electron chi connectivity index (χ3n) is 1.80. The van der Waals surface area contributed by atoms with Gasteiger partial charge < -0.3 is 5.73 Å². The van der Waals surface area contributed by atoms with Gasteiger partial charge in [0, 0.05) is 0 Å². The summed E-state index contributed by atoms with van der Waals surface area (Å²) in [6.45, 7) is 6.72. The van der Waals surface area contributed by atoms with Crippen LogP contribution in [0.15, 0.2) is 12.7 Å². The van der Waals surface area contributed by atoms with E-state index in [9.17, 15) is 0 Å². The van der Waals surface area contributed by atoms with E-state index in [0.717, 1.165) is 13.0 Å². The minimum Gasteiger partial charge on any atom is -0.330 e. The van der Waals surface area contributed by atoms with Gasteiger partial charge in [-0.1, -0.05) is 25.8 Å². The third kappa shape index (κ3) is 4.57. The Kier molecular flexibility index (Phi) is 6.61. The van der Waals surface area contributed by atoms with Gasteiger partial charge >= 0.3 is 0 Å². The first-order chi connectivity index (χ1) is 4.85. The van der Waals surface area contributed by atoms with E-state index < -0.39 is 0 Å². The second kappa shape index (κ2) is 6.81. The van der Waals surface area contributed by atoms with Crippen molar-refractivity contribution in [3.8, 4) is 0 Å². The van der Waals surface area contributed by atoms with Crippen LogP contribution in [0.2, 0.25) is 0 Å². The lowest BCUT2D eigenvalue weighted by molar-refractivity contribution is 0.480. The van der Waals surface area contributed by atoms with Crippen molar-refractivity contribution >= 4 is 0 Å². The highest BCUT2D eigenvalue weighted by Gasteiger charge is 2.01. The Balaban J connectivity index is 3.29. The highest BCUT2D eigenvalue weighted by molar-refractivity contribution is 4.73. The fourth-order valence-electron chi connectivity index (χ4n) is 1.06. The maximum Gasteiger partial charge on any atom is -0.00459 e. The molecular weight excluding hydrogens is 122 g/mol. The SMILES string of the molecule is C=CCC(CN)CCCC. The fourth-order valence-corrected chi connectivity index (χ4v) is 1.06. The van der Waals surface area contributed by atoms with Gasteiger partial charge in [0.05, 0.1) is 0 Å². The number of allylic oxidation sites excluding steroid dienone is 1. The highest BCUT2D eigenvalue weighted by atomic mass is 14.5. The molecule has 0 aromatic carbocycles. The van der Waals surface area contributed by atoms with Crippen LogP contribution in [-0.4, -0.2) is 6.54 Å². The zero-order chi connectivity index (χ0) is 7.82. The quantitative estimate of drug-likeness (QED) is 0.564. The molecule has 0 radical (unpaired) electrons. The summed E-state index contributed by atoms with van der Waals surface area (Å²) < 4.78 is 0. The summed E-state index contributed by atoms with van der Waals surface area (Å²) in [5.74, 6) is 0.678. The Morgan fingerprint density at radius 3 is 2.70 bits per heavy atom. The van der Waals surface area contributed by atoms with Crippen LogP contribution >= 0.6 is 0 Å². The maximum atomic E-state index is 5.55. The van der Waals surface area contributed by atoms with E-state index in [1.54, 1.807) is 0 Å². The third-order valence-corrected chi connectivity index (χ3v) is 1.80. The first-order valence-electron chi connectivity index (χ1n) is 4.16. The van der Waals surface area contributed by atoms with E-state index >= 15 is 0 Å². The Morgan fingerprint density at radius 2 is 2.30 bits per heavy atom. The molecule has 1 unspecified atom stereocenters. The van der Waals surface area contributed by atoms with E-state index in [4.69, 9.17) is 5.73 Å². The van der Waals surface area contributed by atoms with Crippen molar-refractivity contribution < 1.29 is 0 Å². The number of unbranched alkanes of at least 4 members (excludes halogenated alkanes) is 1. The summed E-state index contributed by atoms with van der Waals surface area (Å²) in [5, 5.41) is 0. The summed E-state index contributed by atoms with van der Waals surface area (Å²) in [6.07, 6.45) is 6.88. The zero-order valence-electron chi connectivity index (χ0n) is 6.97. The predicted octanol–water partition coefficient (Wildman–Crippen LogP) is 2.33. The molecule has 1 heteroatoms. The first-order valence-corrected chi connectivity index (χ1v) is 4.16. The van der Waals surface area contributed by atoms with Crippen LogP contribution in [0.1, 0.15) is 32.6 Å². The Bertz CT molecular complexity index is 78.8. The van der Waals surface area contributed by atoms with Gasteiger partial charge in [0.1, 0.15) is 0 Å². The zero-order valence-corrected chi connectivity index (χ0v) is 6.97. The van der Waals surface area contributed by atoms with Gasteiger partial charge in [-0.3, -0.25) is 0 Å². The molecule has 0 saturated carbocycles. The van der Waals surface area contributed by atoms with Crippen LogP contribution < -0.4 is 5.73 Å². The molecule has 0 aliphatic rings. The van der Waals surface area contributed by atoms with Gasteiger partial charge in [-0.05, 0) is 25.3 Å². The molecule has 10 heavy (non-hydrogen) atoms. The smallest absolute Gasteiger partial charge is 0.00459 e. The van der Waals surface area contributed by atoms with E-state index in [0.29, 0.717) is 5.92 Å². The molecule has 0 spiro atoms. The molecule has 0 fully saturated rings. The molecule has 0 rings (SSSR count). The van der Waals surface area contributed by atoms with Crippen molar-refractivity contribution in [2.75, 3.05) is 6.54 Å². The molecule has 0 saturated heterocycles. The van der Waals surface area contributed by atoms with E-state index in [1.807, 2.05) is 6.08 Å². The van der Waals surface area contributed by atoms with Crippen LogP contribution in [0.3, 0.4) is 0 Å². The standard InChI is InChI=1S/C9H19N/c1-3-5-7-9(8-10)6-4-2/h4,9H,2-3,5-8,10H2,1H3. The van der Waals surface area contributed by atoms with Crippen molar-refractivity contribution in [2.24, 2.45) is 11.7 Å². The molecule has 0 aliphatic heterocycles. The number of hydrogen-bond donors (Lipinski definition) is 1. The fraction of sp³-hybridized carbons (Fsp3) is 0.778. The molecule has 1 atom stereocenters. The molecule has 0 aliphatic carbocycles. The van der Waals surface area contributed by atoms with Crippen molar-refractivity contribution in [2.45, 2.75) is 32.6 Å². The van der Waals surface area contributed by atoms with Gasteiger partial charge in [0.15, 0.2) is 0 Å². The second-order valence-corrected chi connectivity index (χ2v) is 2.77. The molecule has 0 heterocycles. The van der Waals surface area contributed by atoms with Crippen LogP contribution in [0.5, 0.6) is 0 Å². The Morgan fingerprint density at radius 1 is 1.60 bits per heavy atom. The van der Waals surface area contributed by atoms with Crippen molar-refractivity contribution in [3.63, 3.8) is 0 Å². The van der Waals surface area contributed by atoms with Gasteiger partial charge in [-0.25, -0.2) is 0 Å². The minimum atomic E-state index is 0.678. The van der Waals surface area contributed by atoms with Gasteiger partial charge in [-0.15, -0.1) is 6.58 Å². The minimum absolute atomic E-state index is 0.678. The lowest BCUT2D eigenvalue weighted by Gasteiger charge is -2.10. The number of rotatable bonds is 6. The average Bonchev–Trinajstić information content (AvgIpc) is 1.98.